The van der Waals surface area contributed by atoms with Gasteiger partial charge in [0.2, 0.25) is 0 Å². The van der Waals surface area contributed by atoms with Crippen LogP contribution in [0.25, 0.3) is 11.0 Å². The average Bonchev–Trinajstić information content (AvgIpc) is 3.17. The maximum Gasteiger partial charge on any atom is 0.254 e. The van der Waals surface area contributed by atoms with Gasteiger partial charge in [0, 0.05) is 25.2 Å². The van der Waals surface area contributed by atoms with Gasteiger partial charge < -0.3 is 15.2 Å². The molecule has 0 radical (unpaired) electrons. The van der Waals surface area contributed by atoms with Crippen LogP contribution in [0.2, 0.25) is 0 Å². The summed E-state index contributed by atoms with van der Waals surface area (Å²) in [4.78, 5) is 20.6. The van der Waals surface area contributed by atoms with Gasteiger partial charge in [-0.15, -0.1) is 0 Å². The van der Waals surface area contributed by atoms with E-state index in [2.05, 4.69) is 48.7 Å². The van der Waals surface area contributed by atoms with Gasteiger partial charge in [-0.1, -0.05) is 74.0 Å². The summed E-state index contributed by atoms with van der Waals surface area (Å²) in [6.45, 7) is 7.85. The van der Waals surface area contributed by atoms with E-state index in [0.29, 0.717) is 25.2 Å². The molecule has 0 saturated carbocycles. The first-order valence-electron chi connectivity index (χ1n) is 11.6. The molecule has 0 aliphatic heterocycles. The molecular formula is C28H32N4O. The number of hydrogen-bond donors (Lipinski definition) is 1. The molecule has 0 saturated heterocycles. The van der Waals surface area contributed by atoms with Crippen molar-refractivity contribution in [3.05, 3.63) is 101 Å². The monoisotopic (exact) mass is 440 g/mol. The van der Waals surface area contributed by atoms with E-state index in [9.17, 15) is 4.79 Å². The Morgan fingerprint density at radius 2 is 1.64 bits per heavy atom. The van der Waals surface area contributed by atoms with Crippen molar-refractivity contribution in [2.75, 3.05) is 13.1 Å². The van der Waals surface area contributed by atoms with Crippen LogP contribution in [0.3, 0.4) is 0 Å². The Bertz CT molecular complexity index is 1210. The lowest BCUT2D eigenvalue weighted by molar-refractivity contribution is 0.0615. The van der Waals surface area contributed by atoms with Crippen molar-refractivity contribution >= 4 is 16.9 Å². The quantitative estimate of drug-likeness (QED) is 0.410. The highest BCUT2D eigenvalue weighted by molar-refractivity contribution is 5.94. The number of amides is 1. The van der Waals surface area contributed by atoms with Crippen molar-refractivity contribution < 1.29 is 4.79 Å². The summed E-state index contributed by atoms with van der Waals surface area (Å²) in [7, 11) is 0. The predicted octanol–water partition coefficient (Wildman–Crippen LogP) is 5.19. The number of nitrogens with zero attached hydrogens (tertiary/aromatic N) is 3. The molecule has 4 aromatic rings. The molecule has 3 aromatic carbocycles. The van der Waals surface area contributed by atoms with E-state index < -0.39 is 0 Å². The zero-order chi connectivity index (χ0) is 23.4. The zero-order valence-corrected chi connectivity index (χ0v) is 19.6. The number of rotatable bonds is 8. The van der Waals surface area contributed by atoms with Gasteiger partial charge in [0.15, 0.2) is 0 Å². The third-order valence-electron chi connectivity index (χ3n) is 6.03. The van der Waals surface area contributed by atoms with E-state index in [0.717, 1.165) is 22.4 Å². The van der Waals surface area contributed by atoms with Crippen LogP contribution in [-0.4, -0.2) is 33.4 Å². The molecule has 0 bridgehead atoms. The molecule has 4 rings (SSSR count). The lowest BCUT2D eigenvalue weighted by atomic mass is 9.99. The Morgan fingerprint density at radius 1 is 0.970 bits per heavy atom. The number of imidazole rings is 1. The maximum atomic E-state index is 13.7. The Hall–Kier alpha value is -3.44. The molecule has 5 heteroatoms. The third kappa shape index (κ3) is 4.83. The van der Waals surface area contributed by atoms with Crippen molar-refractivity contribution in [2.24, 2.45) is 11.7 Å². The van der Waals surface area contributed by atoms with Crippen LogP contribution in [0.1, 0.15) is 47.2 Å². The number of aromatic nitrogens is 2. The van der Waals surface area contributed by atoms with E-state index in [1.807, 2.05) is 60.4 Å². The predicted molar refractivity (Wildman–Crippen MR) is 134 cm³/mol. The molecule has 1 amide bonds. The number of para-hydroxylation sites is 2. The SMILES string of the molecule is Cc1ccc(C(=O)N(CCN)[C@@H](c2nc3ccccc3n2Cc2ccccc2)C(C)C)cc1. The van der Waals surface area contributed by atoms with Gasteiger partial charge >= 0.3 is 0 Å². The van der Waals surface area contributed by atoms with E-state index in [4.69, 9.17) is 10.7 Å². The molecule has 0 aliphatic carbocycles. The molecule has 0 aliphatic rings. The summed E-state index contributed by atoms with van der Waals surface area (Å²) < 4.78 is 2.25. The molecule has 33 heavy (non-hydrogen) atoms. The van der Waals surface area contributed by atoms with Crippen LogP contribution >= 0.6 is 0 Å². The lowest BCUT2D eigenvalue weighted by Gasteiger charge is -2.34. The van der Waals surface area contributed by atoms with E-state index in [-0.39, 0.29) is 17.9 Å². The minimum atomic E-state index is -0.210. The van der Waals surface area contributed by atoms with Gasteiger partial charge in [0.05, 0.1) is 17.1 Å². The van der Waals surface area contributed by atoms with Crippen LogP contribution in [0.15, 0.2) is 78.9 Å². The van der Waals surface area contributed by atoms with Crippen molar-refractivity contribution in [1.29, 1.82) is 0 Å². The van der Waals surface area contributed by atoms with Crippen molar-refractivity contribution in [3.63, 3.8) is 0 Å². The van der Waals surface area contributed by atoms with Crippen molar-refractivity contribution in [3.8, 4) is 0 Å². The molecule has 5 nitrogen and oxygen atoms in total. The summed E-state index contributed by atoms with van der Waals surface area (Å²) in [6, 6.07) is 26.1. The summed E-state index contributed by atoms with van der Waals surface area (Å²) in [5.74, 6) is 1.03. The molecular weight excluding hydrogens is 408 g/mol. The number of aryl methyl sites for hydroxylation is 1. The summed E-state index contributed by atoms with van der Waals surface area (Å²) in [5.41, 5.74) is 11.0. The first-order chi connectivity index (χ1) is 16.0. The number of fused-ring (bicyclic) bond motifs is 1. The number of nitrogens with two attached hydrogens (primary N) is 1. The molecule has 2 N–H and O–H groups in total. The third-order valence-corrected chi connectivity index (χ3v) is 6.03. The first-order valence-corrected chi connectivity index (χ1v) is 11.6. The zero-order valence-electron chi connectivity index (χ0n) is 19.6. The van der Waals surface area contributed by atoms with Gasteiger partial charge in [-0.05, 0) is 42.7 Å². The number of carbonyl (C=O) groups excluding carboxylic acids is 1. The van der Waals surface area contributed by atoms with Crippen LogP contribution in [0, 0.1) is 12.8 Å². The highest BCUT2D eigenvalue weighted by Crippen LogP contribution is 2.32. The molecule has 1 aromatic heterocycles. The highest BCUT2D eigenvalue weighted by atomic mass is 16.2. The first kappa shape index (κ1) is 22.7. The number of carbonyl (C=O) groups is 1. The Kier molecular flexibility index (Phi) is 6.90. The minimum Gasteiger partial charge on any atom is -0.329 e. The second kappa shape index (κ2) is 10.0. The van der Waals surface area contributed by atoms with Gasteiger partial charge in [-0.2, -0.15) is 0 Å². The normalized spacial score (nSPS) is 12.3. The van der Waals surface area contributed by atoms with E-state index >= 15 is 0 Å². The average molecular weight is 441 g/mol. The highest BCUT2D eigenvalue weighted by Gasteiger charge is 2.32. The minimum absolute atomic E-state index is 0.0162. The molecule has 0 spiro atoms. The Labute approximate surface area is 195 Å². The van der Waals surface area contributed by atoms with E-state index in [1.165, 1.54) is 5.56 Å². The van der Waals surface area contributed by atoms with Crippen molar-refractivity contribution in [1.82, 2.24) is 14.5 Å². The van der Waals surface area contributed by atoms with Crippen LogP contribution in [0.5, 0.6) is 0 Å². The fourth-order valence-electron chi connectivity index (χ4n) is 4.42. The second-order valence-corrected chi connectivity index (χ2v) is 8.87. The van der Waals surface area contributed by atoms with Crippen LogP contribution in [0.4, 0.5) is 0 Å². The van der Waals surface area contributed by atoms with Gasteiger partial charge in [0.1, 0.15) is 5.82 Å². The topological polar surface area (TPSA) is 64.2 Å². The molecule has 0 unspecified atom stereocenters. The van der Waals surface area contributed by atoms with Gasteiger partial charge in [-0.3, -0.25) is 4.79 Å². The fraction of sp³-hybridized carbons (Fsp3) is 0.286. The largest absolute Gasteiger partial charge is 0.329 e. The molecule has 1 atom stereocenters. The summed E-state index contributed by atoms with van der Waals surface area (Å²) in [6.07, 6.45) is 0. The molecule has 0 fully saturated rings. The van der Waals surface area contributed by atoms with Crippen LogP contribution < -0.4 is 5.73 Å². The second-order valence-electron chi connectivity index (χ2n) is 8.87. The lowest BCUT2D eigenvalue weighted by Crippen LogP contribution is -2.41. The summed E-state index contributed by atoms with van der Waals surface area (Å²) >= 11 is 0. The molecule has 170 valence electrons. The van der Waals surface area contributed by atoms with Gasteiger partial charge in [-0.25, -0.2) is 4.98 Å². The van der Waals surface area contributed by atoms with Crippen molar-refractivity contribution in [2.45, 2.75) is 33.4 Å². The van der Waals surface area contributed by atoms with E-state index in [1.54, 1.807) is 0 Å². The maximum absolute atomic E-state index is 13.7. The number of benzene rings is 3. The molecule has 1 heterocycles. The van der Waals surface area contributed by atoms with Crippen LogP contribution in [-0.2, 0) is 6.54 Å². The smallest absolute Gasteiger partial charge is 0.254 e. The van der Waals surface area contributed by atoms with Gasteiger partial charge in [0.25, 0.3) is 5.91 Å². The number of hydrogen-bond acceptors (Lipinski definition) is 3. The Morgan fingerprint density at radius 3 is 2.30 bits per heavy atom. The summed E-state index contributed by atoms with van der Waals surface area (Å²) in [5, 5.41) is 0. The fourth-order valence-corrected chi connectivity index (χ4v) is 4.42. The Balaban J connectivity index is 1.83. The standard InChI is InChI=1S/C28H32N4O/c1-20(2)26(31(18-17-29)28(33)23-15-13-21(3)14-16-23)27-30-24-11-7-8-12-25(24)32(27)19-22-9-5-4-6-10-22/h4-16,20,26H,17-19,29H2,1-3H3/t26-/m1/s1.